The van der Waals surface area contributed by atoms with E-state index in [2.05, 4.69) is 96.4 Å². The summed E-state index contributed by atoms with van der Waals surface area (Å²) >= 11 is 0. The molecule has 4 aromatic rings. The minimum atomic E-state index is 0.148. The third-order valence-corrected chi connectivity index (χ3v) is 7.56. The van der Waals surface area contributed by atoms with Crippen LogP contribution in [0.3, 0.4) is 0 Å². The predicted octanol–water partition coefficient (Wildman–Crippen LogP) is 6.15. The fourth-order valence-corrected chi connectivity index (χ4v) is 5.09. The van der Waals surface area contributed by atoms with Gasteiger partial charge in [0, 0.05) is 50.5 Å². The van der Waals surface area contributed by atoms with Crippen LogP contribution >= 0.6 is 0 Å². The third-order valence-electron chi connectivity index (χ3n) is 7.56. The molecule has 0 unspecified atom stereocenters. The number of piperazine rings is 1. The number of H-pyrrole nitrogens is 1. The van der Waals surface area contributed by atoms with Gasteiger partial charge in [0.05, 0.1) is 23.2 Å². The number of aryl methyl sites for hydroxylation is 1. The summed E-state index contributed by atoms with van der Waals surface area (Å²) < 4.78 is 2.31. The summed E-state index contributed by atoms with van der Waals surface area (Å²) in [6, 6.07) is 15.3. The Morgan fingerprint density at radius 2 is 1.72 bits per heavy atom. The zero-order valence-corrected chi connectivity index (χ0v) is 22.5. The summed E-state index contributed by atoms with van der Waals surface area (Å²) in [4.78, 5) is 18.3. The first kappa shape index (κ1) is 24.6. The van der Waals surface area contributed by atoms with E-state index >= 15 is 0 Å². The minimum absolute atomic E-state index is 0.148. The molecule has 0 radical (unpaired) electrons. The smallest absolute Gasteiger partial charge is 0.138 e. The third kappa shape index (κ3) is 5.05. The first-order chi connectivity index (χ1) is 17.3. The van der Waals surface area contributed by atoms with Crippen LogP contribution in [-0.2, 0) is 18.5 Å². The molecule has 190 valence electrons. The highest BCUT2D eigenvalue weighted by Gasteiger charge is 2.22. The van der Waals surface area contributed by atoms with Gasteiger partial charge in [0.25, 0.3) is 0 Å². The van der Waals surface area contributed by atoms with Gasteiger partial charge in [-0.15, -0.1) is 0 Å². The van der Waals surface area contributed by atoms with Gasteiger partial charge in [-0.1, -0.05) is 64.4 Å². The standard InChI is InChI=1S/C30H40N6/c1-6-7-15-36-21-31-26(22(36)2)20-34-16-18-35(19-17-34)27-10-8-9-25-28(27)33-29(32-25)23-11-13-24(14-12-23)30(3,4)5/h8-14,21H,6-7,15-20H2,1-5H3,(H,32,33). The van der Waals surface area contributed by atoms with E-state index in [4.69, 9.17) is 9.97 Å². The molecule has 6 nitrogen and oxygen atoms in total. The first-order valence-electron chi connectivity index (χ1n) is 13.4. The van der Waals surface area contributed by atoms with Crippen LogP contribution in [-0.4, -0.2) is 50.6 Å². The lowest BCUT2D eigenvalue weighted by Crippen LogP contribution is -2.46. The molecule has 0 spiro atoms. The summed E-state index contributed by atoms with van der Waals surface area (Å²) in [5, 5.41) is 0. The molecule has 36 heavy (non-hydrogen) atoms. The fourth-order valence-electron chi connectivity index (χ4n) is 5.09. The van der Waals surface area contributed by atoms with Crippen molar-refractivity contribution >= 4 is 16.7 Å². The number of hydrogen-bond acceptors (Lipinski definition) is 4. The van der Waals surface area contributed by atoms with E-state index in [1.54, 1.807) is 0 Å². The maximum Gasteiger partial charge on any atom is 0.138 e. The Bertz CT molecular complexity index is 1300. The summed E-state index contributed by atoms with van der Waals surface area (Å²) in [6.07, 6.45) is 4.43. The molecule has 2 aromatic carbocycles. The second-order valence-electron chi connectivity index (χ2n) is 11.2. The highest BCUT2D eigenvalue weighted by Crippen LogP contribution is 2.30. The van der Waals surface area contributed by atoms with Crippen LogP contribution in [0.4, 0.5) is 5.69 Å². The van der Waals surface area contributed by atoms with Gasteiger partial charge in [-0.3, -0.25) is 4.90 Å². The van der Waals surface area contributed by atoms with Gasteiger partial charge < -0.3 is 14.5 Å². The fraction of sp³-hybridized carbons (Fsp3) is 0.467. The number of rotatable bonds is 7. The van der Waals surface area contributed by atoms with E-state index in [1.165, 1.54) is 35.5 Å². The number of aromatic amines is 1. The van der Waals surface area contributed by atoms with E-state index in [0.29, 0.717) is 0 Å². The van der Waals surface area contributed by atoms with Crippen molar-refractivity contribution < 1.29 is 0 Å². The van der Waals surface area contributed by atoms with Crippen LogP contribution < -0.4 is 4.90 Å². The maximum atomic E-state index is 5.05. The van der Waals surface area contributed by atoms with Crippen molar-refractivity contribution in [3.63, 3.8) is 0 Å². The number of anilines is 1. The average molecular weight is 485 g/mol. The molecule has 1 fully saturated rings. The number of nitrogens with one attached hydrogen (secondary N) is 1. The molecular weight excluding hydrogens is 444 g/mol. The number of unbranched alkanes of at least 4 members (excludes halogenated alkanes) is 1. The zero-order chi connectivity index (χ0) is 25.3. The van der Waals surface area contributed by atoms with E-state index in [1.807, 2.05) is 6.33 Å². The number of aromatic nitrogens is 4. The van der Waals surface area contributed by atoms with Gasteiger partial charge in [0.15, 0.2) is 0 Å². The molecule has 0 amide bonds. The van der Waals surface area contributed by atoms with E-state index in [9.17, 15) is 0 Å². The average Bonchev–Trinajstić information content (AvgIpc) is 3.46. The van der Waals surface area contributed by atoms with Gasteiger partial charge in [0.2, 0.25) is 0 Å². The molecule has 2 aromatic heterocycles. The van der Waals surface area contributed by atoms with Crippen molar-refractivity contribution in [1.82, 2.24) is 24.4 Å². The lowest BCUT2D eigenvalue weighted by atomic mass is 9.87. The number of hydrogen-bond donors (Lipinski definition) is 1. The Morgan fingerprint density at radius 3 is 2.42 bits per heavy atom. The summed E-state index contributed by atoms with van der Waals surface area (Å²) in [6.45, 7) is 17.2. The van der Waals surface area contributed by atoms with Crippen LogP contribution in [0.25, 0.3) is 22.4 Å². The Balaban J connectivity index is 1.28. The van der Waals surface area contributed by atoms with Crippen molar-refractivity contribution in [2.45, 2.75) is 66.0 Å². The van der Waals surface area contributed by atoms with Crippen LogP contribution in [0.15, 0.2) is 48.8 Å². The Kier molecular flexibility index (Phi) is 6.89. The van der Waals surface area contributed by atoms with Crippen molar-refractivity contribution in [1.29, 1.82) is 0 Å². The van der Waals surface area contributed by atoms with E-state index in [0.717, 1.165) is 61.7 Å². The molecule has 0 atom stereocenters. The minimum Gasteiger partial charge on any atom is -0.367 e. The Labute approximate surface area is 215 Å². The number of fused-ring (bicyclic) bond motifs is 1. The normalized spacial score (nSPS) is 15.2. The second kappa shape index (κ2) is 10.1. The van der Waals surface area contributed by atoms with Crippen molar-refractivity contribution in [3.05, 3.63) is 65.7 Å². The molecule has 0 bridgehead atoms. The molecule has 1 saturated heterocycles. The summed E-state index contributed by atoms with van der Waals surface area (Å²) in [7, 11) is 0. The summed E-state index contributed by atoms with van der Waals surface area (Å²) in [5.74, 6) is 0.936. The predicted molar refractivity (Wildman–Crippen MR) is 150 cm³/mol. The molecule has 1 aliphatic rings. The first-order valence-corrected chi connectivity index (χ1v) is 13.4. The van der Waals surface area contributed by atoms with Crippen LogP contribution in [0.1, 0.15) is 57.5 Å². The van der Waals surface area contributed by atoms with Gasteiger partial charge >= 0.3 is 0 Å². The monoisotopic (exact) mass is 484 g/mol. The largest absolute Gasteiger partial charge is 0.367 e. The van der Waals surface area contributed by atoms with Gasteiger partial charge in [0.1, 0.15) is 11.3 Å². The highest BCUT2D eigenvalue weighted by molar-refractivity contribution is 5.91. The quantitative estimate of drug-likeness (QED) is 0.342. The number of benzene rings is 2. The van der Waals surface area contributed by atoms with Gasteiger partial charge in [-0.2, -0.15) is 0 Å². The lowest BCUT2D eigenvalue weighted by Gasteiger charge is -2.36. The SMILES string of the molecule is CCCCn1cnc(CN2CCN(c3cccc4[nH]c(-c5ccc(C(C)(C)C)cc5)nc34)CC2)c1C. The molecular formula is C30H40N6. The molecule has 1 aliphatic heterocycles. The Hall–Kier alpha value is -3.12. The molecule has 5 rings (SSSR count). The van der Waals surface area contributed by atoms with Crippen molar-refractivity contribution in [2.24, 2.45) is 0 Å². The maximum absolute atomic E-state index is 5.05. The molecule has 6 heteroatoms. The van der Waals surface area contributed by atoms with E-state index in [-0.39, 0.29) is 5.41 Å². The Morgan fingerprint density at radius 1 is 0.972 bits per heavy atom. The molecule has 0 aliphatic carbocycles. The molecule has 3 heterocycles. The topological polar surface area (TPSA) is 53.0 Å². The number of imidazole rings is 2. The van der Waals surface area contributed by atoms with Crippen LogP contribution in [0.2, 0.25) is 0 Å². The van der Waals surface area contributed by atoms with Crippen molar-refractivity contribution in [2.75, 3.05) is 31.1 Å². The lowest BCUT2D eigenvalue weighted by molar-refractivity contribution is 0.247. The summed E-state index contributed by atoms with van der Waals surface area (Å²) in [5.41, 5.74) is 8.53. The zero-order valence-electron chi connectivity index (χ0n) is 22.5. The van der Waals surface area contributed by atoms with Gasteiger partial charge in [-0.25, -0.2) is 9.97 Å². The molecule has 0 saturated carbocycles. The number of nitrogens with zero attached hydrogens (tertiary/aromatic N) is 5. The van der Waals surface area contributed by atoms with E-state index < -0.39 is 0 Å². The van der Waals surface area contributed by atoms with Crippen molar-refractivity contribution in [3.8, 4) is 11.4 Å². The molecule has 1 N–H and O–H groups in total. The van der Waals surface area contributed by atoms with Crippen LogP contribution in [0, 0.1) is 6.92 Å². The van der Waals surface area contributed by atoms with Gasteiger partial charge in [-0.05, 0) is 36.5 Å². The van der Waals surface area contributed by atoms with Crippen LogP contribution in [0.5, 0.6) is 0 Å². The second-order valence-corrected chi connectivity index (χ2v) is 11.2. The highest BCUT2D eigenvalue weighted by atomic mass is 15.3. The number of para-hydroxylation sites is 1.